The molecule has 9 nitrogen and oxygen atoms in total. The number of carbonyl (C=O) groups is 3. The third-order valence-corrected chi connectivity index (χ3v) is 3.95. The molecule has 158 valence electrons. The summed E-state index contributed by atoms with van der Waals surface area (Å²) in [5, 5.41) is 6.68. The molecular formula is C19H24BrN3O6. The maximum Gasteiger partial charge on any atom is 0.412 e. The predicted molar refractivity (Wildman–Crippen MR) is 109 cm³/mol. The zero-order valence-electron chi connectivity index (χ0n) is 17.4. The van der Waals surface area contributed by atoms with Crippen molar-refractivity contribution >= 4 is 45.2 Å². The van der Waals surface area contributed by atoms with Gasteiger partial charge in [0.05, 0.1) is 24.5 Å². The number of fused-ring (bicyclic) bond motifs is 1. The Kier molecular flexibility index (Phi) is 6.27. The second-order valence-electron chi connectivity index (χ2n) is 8.19. The molecule has 0 fully saturated rings. The minimum atomic E-state index is -0.766. The second-order valence-corrected chi connectivity index (χ2v) is 9.01. The largest absolute Gasteiger partial charge is 0.465 e. The van der Waals surface area contributed by atoms with Crippen LogP contribution in [0, 0.1) is 0 Å². The Labute approximate surface area is 176 Å². The summed E-state index contributed by atoms with van der Waals surface area (Å²) in [5.41, 5.74) is -1.27. The first-order valence-electron chi connectivity index (χ1n) is 8.75. The number of rotatable bonds is 3. The third kappa shape index (κ3) is 5.47. The van der Waals surface area contributed by atoms with E-state index in [2.05, 4.69) is 26.3 Å². The highest BCUT2D eigenvalue weighted by atomic mass is 79.9. The van der Waals surface area contributed by atoms with E-state index in [-0.39, 0.29) is 22.3 Å². The van der Waals surface area contributed by atoms with Gasteiger partial charge in [-0.1, -0.05) is 0 Å². The SMILES string of the molecule is COC(=O)c1c(NC(=O)OC(C)(C)C)cc(Br)n2ncc(C(=O)OC(C)(C)C)c12. The highest BCUT2D eigenvalue weighted by Gasteiger charge is 2.29. The first-order valence-corrected chi connectivity index (χ1v) is 9.54. The molecule has 2 heterocycles. The molecule has 29 heavy (non-hydrogen) atoms. The maximum absolute atomic E-state index is 12.7. The molecular weight excluding hydrogens is 446 g/mol. The molecule has 0 spiro atoms. The number of halogens is 1. The molecule has 0 saturated carbocycles. The van der Waals surface area contributed by atoms with E-state index < -0.39 is 29.2 Å². The van der Waals surface area contributed by atoms with Gasteiger partial charge in [-0.05, 0) is 63.5 Å². The summed E-state index contributed by atoms with van der Waals surface area (Å²) < 4.78 is 17.3. The normalized spacial score (nSPS) is 11.9. The van der Waals surface area contributed by atoms with Crippen LogP contribution in [0.25, 0.3) is 5.52 Å². The number of carbonyl (C=O) groups excluding carboxylic acids is 3. The zero-order chi connectivity index (χ0) is 22.1. The quantitative estimate of drug-likeness (QED) is 0.407. The molecule has 0 saturated heterocycles. The lowest BCUT2D eigenvalue weighted by atomic mass is 10.1. The van der Waals surface area contributed by atoms with Gasteiger partial charge < -0.3 is 14.2 Å². The minimum absolute atomic E-state index is 0.0499. The molecule has 1 amide bonds. The van der Waals surface area contributed by atoms with Crippen molar-refractivity contribution in [1.82, 2.24) is 9.61 Å². The zero-order valence-corrected chi connectivity index (χ0v) is 19.0. The average molecular weight is 470 g/mol. The van der Waals surface area contributed by atoms with Crippen LogP contribution in [0.15, 0.2) is 16.9 Å². The van der Waals surface area contributed by atoms with E-state index in [4.69, 9.17) is 14.2 Å². The lowest BCUT2D eigenvalue weighted by Gasteiger charge is -2.21. The molecule has 0 radical (unpaired) electrons. The van der Waals surface area contributed by atoms with Gasteiger partial charge in [0.2, 0.25) is 0 Å². The molecule has 0 aliphatic rings. The van der Waals surface area contributed by atoms with Crippen molar-refractivity contribution in [3.8, 4) is 0 Å². The number of nitrogens with one attached hydrogen (secondary N) is 1. The first kappa shape index (κ1) is 22.7. The summed E-state index contributed by atoms with van der Waals surface area (Å²) in [7, 11) is 1.20. The summed E-state index contributed by atoms with van der Waals surface area (Å²) in [4.78, 5) is 37.5. The van der Waals surface area contributed by atoms with Crippen LogP contribution in [0.3, 0.4) is 0 Å². The van der Waals surface area contributed by atoms with Crippen LogP contribution < -0.4 is 5.32 Å². The summed E-state index contributed by atoms with van der Waals surface area (Å²) in [6, 6.07) is 1.47. The second kappa shape index (κ2) is 8.02. The van der Waals surface area contributed by atoms with Crippen molar-refractivity contribution in [2.45, 2.75) is 52.7 Å². The number of hydrogen-bond acceptors (Lipinski definition) is 7. The van der Waals surface area contributed by atoms with E-state index in [9.17, 15) is 14.4 Å². The van der Waals surface area contributed by atoms with Crippen LogP contribution in [0.4, 0.5) is 10.5 Å². The molecule has 1 N–H and O–H groups in total. The van der Waals surface area contributed by atoms with Gasteiger partial charge in [-0.15, -0.1) is 0 Å². The Bertz CT molecular complexity index is 969. The van der Waals surface area contributed by atoms with Gasteiger partial charge in [0.1, 0.15) is 26.9 Å². The fraction of sp³-hybridized carbons (Fsp3) is 0.474. The van der Waals surface area contributed by atoms with E-state index in [1.54, 1.807) is 41.5 Å². The molecule has 0 bridgehead atoms. The third-order valence-electron chi connectivity index (χ3n) is 3.39. The Balaban J connectivity index is 2.66. The monoisotopic (exact) mass is 469 g/mol. The molecule has 0 unspecified atom stereocenters. The van der Waals surface area contributed by atoms with Gasteiger partial charge in [0.25, 0.3) is 0 Å². The number of ether oxygens (including phenoxy) is 3. The fourth-order valence-electron chi connectivity index (χ4n) is 2.43. The maximum atomic E-state index is 12.7. The Hall–Kier alpha value is -2.62. The van der Waals surface area contributed by atoms with E-state index in [1.807, 2.05) is 0 Å². The molecule has 0 atom stereocenters. The Morgan fingerprint density at radius 2 is 1.62 bits per heavy atom. The average Bonchev–Trinajstić information content (AvgIpc) is 2.96. The van der Waals surface area contributed by atoms with E-state index in [0.29, 0.717) is 4.60 Å². The van der Waals surface area contributed by atoms with Crippen LogP contribution in [0.2, 0.25) is 0 Å². The van der Waals surface area contributed by atoms with Gasteiger partial charge in [-0.2, -0.15) is 5.10 Å². The summed E-state index contributed by atoms with van der Waals surface area (Å²) in [6.07, 6.45) is 0.523. The van der Waals surface area contributed by atoms with Crippen LogP contribution in [-0.2, 0) is 14.2 Å². The summed E-state index contributed by atoms with van der Waals surface area (Å²) in [6.45, 7) is 10.3. The molecule has 10 heteroatoms. The Morgan fingerprint density at radius 3 is 2.14 bits per heavy atom. The van der Waals surface area contributed by atoms with Crippen molar-refractivity contribution in [3.63, 3.8) is 0 Å². The number of methoxy groups -OCH3 is 1. The highest BCUT2D eigenvalue weighted by molar-refractivity contribution is 9.10. The molecule has 0 aliphatic heterocycles. The molecule has 0 aromatic carbocycles. The Morgan fingerprint density at radius 1 is 1.03 bits per heavy atom. The lowest BCUT2D eigenvalue weighted by molar-refractivity contribution is 0.00715. The summed E-state index contributed by atoms with van der Waals surface area (Å²) in [5.74, 6) is -1.43. The standard InChI is InChI=1S/C19H24BrN3O6/c1-18(2,3)28-15(24)10-9-21-23-12(20)8-11(13(14(10)23)16(25)27-7)22-17(26)29-19(4,5)6/h8-9H,1-7H3,(H,22,26). The summed E-state index contributed by atoms with van der Waals surface area (Å²) >= 11 is 3.33. The number of hydrogen-bond donors (Lipinski definition) is 1. The van der Waals surface area contributed by atoms with Crippen molar-refractivity contribution in [2.75, 3.05) is 12.4 Å². The topological polar surface area (TPSA) is 108 Å². The van der Waals surface area contributed by atoms with Crippen molar-refractivity contribution in [1.29, 1.82) is 0 Å². The number of amides is 1. The van der Waals surface area contributed by atoms with E-state index in [0.717, 1.165) is 0 Å². The van der Waals surface area contributed by atoms with Crippen molar-refractivity contribution < 1.29 is 28.6 Å². The molecule has 2 aromatic heterocycles. The minimum Gasteiger partial charge on any atom is -0.465 e. The highest BCUT2D eigenvalue weighted by Crippen LogP contribution is 2.31. The first-order chi connectivity index (χ1) is 13.2. The van der Waals surface area contributed by atoms with E-state index >= 15 is 0 Å². The van der Waals surface area contributed by atoms with Crippen molar-refractivity contribution in [2.24, 2.45) is 0 Å². The predicted octanol–water partition coefficient (Wildman–Crippen LogP) is 4.19. The number of nitrogens with zero attached hydrogens (tertiary/aromatic N) is 2. The van der Waals surface area contributed by atoms with Crippen LogP contribution in [0.5, 0.6) is 0 Å². The van der Waals surface area contributed by atoms with Crippen LogP contribution in [-0.4, -0.2) is 46.0 Å². The number of pyridine rings is 1. The molecule has 2 rings (SSSR count). The van der Waals surface area contributed by atoms with Gasteiger partial charge in [-0.3, -0.25) is 5.32 Å². The lowest BCUT2D eigenvalue weighted by Crippen LogP contribution is -2.28. The molecule has 0 aliphatic carbocycles. The number of esters is 2. The number of anilines is 1. The number of aromatic nitrogens is 2. The fourth-order valence-corrected chi connectivity index (χ4v) is 2.93. The van der Waals surface area contributed by atoms with Gasteiger partial charge >= 0.3 is 18.0 Å². The van der Waals surface area contributed by atoms with Crippen molar-refractivity contribution in [3.05, 3.63) is 28.0 Å². The van der Waals surface area contributed by atoms with Gasteiger partial charge in [-0.25, -0.2) is 18.9 Å². The van der Waals surface area contributed by atoms with Crippen LogP contribution >= 0.6 is 15.9 Å². The van der Waals surface area contributed by atoms with Gasteiger partial charge in [0.15, 0.2) is 0 Å². The molecule has 2 aromatic rings. The smallest absolute Gasteiger partial charge is 0.412 e. The van der Waals surface area contributed by atoms with Crippen LogP contribution in [0.1, 0.15) is 62.3 Å². The van der Waals surface area contributed by atoms with E-state index in [1.165, 1.54) is 23.9 Å². The van der Waals surface area contributed by atoms with Gasteiger partial charge in [0, 0.05) is 0 Å².